The number of amides is 1. The summed E-state index contributed by atoms with van der Waals surface area (Å²) in [6.07, 6.45) is 2.56. The third-order valence-corrected chi connectivity index (χ3v) is 4.60. The monoisotopic (exact) mass is 415 g/mol. The number of nitrogens with zero attached hydrogens (tertiary/aromatic N) is 2. The number of hydrogen-bond acceptors (Lipinski definition) is 4. The molecule has 0 fully saturated rings. The Labute approximate surface area is 171 Å². The van der Waals surface area contributed by atoms with Gasteiger partial charge in [0, 0.05) is 25.3 Å². The number of halogens is 2. The average molecular weight is 416 g/mol. The van der Waals surface area contributed by atoms with Crippen molar-refractivity contribution in [3.63, 3.8) is 0 Å². The second-order valence-corrected chi connectivity index (χ2v) is 6.66. The lowest BCUT2D eigenvalue weighted by Crippen LogP contribution is -2.33. The number of benzene rings is 2. The van der Waals surface area contributed by atoms with Gasteiger partial charge < -0.3 is 14.6 Å². The van der Waals surface area contributed by atoms with E-state index in [0.29, 0.717) is 16.7 Å². The zero-order chi connectivity index (χ0) is 20.8. The number of methoxy groups -OCH3 is 1. The fourth-order valence-electron chi connectivity index (χ4n) is 2.79. The van der Waals surface area contributed by atoms with Crippen LogP contribution in [0.5, 0.6) is 0 Å². The van der Waals surface area contributed by atoms with Crippen LogP contribution in [0.4, 0.5) is 4.39 Å². The Kier molecular flexibility index (Phi) is 6.74. The van der Waals surface area contributed by atoms with Gasteiger partial charge in [0.1, 0.15) is 11.6 Å². The number of nitrogens with one attached hydrogen (secondary N) is 1. The molecule has 29 heavy (non-hydrogen) atoms. The molecule has 3 rings (SSSR count). The number of para-hydroxylation sites is 1. The molecule has 0 bridgehead atoms. The summed E-state index contributed by atoms with van der Waals surface area (Å²) in [6, 6.07) is 11.3. The quantitative estimate of drug-likeness (QED) is 0.600. The number of aromatic amines is 1. The van der Waals surface area contributed by atoms with Crippen molar-refractivity contribution in [2.75, 3.05) is 20.3 Å². The molecule has 1 heterocycles. The van der Waals surface area contributed by atoms with Crippen LogP contribution >= 0.6 is 11.6 Å². The summed E-state index contributed by atoms with van der Waals surface area (Å²) in [6.45, 7) is 0.622. The second kappa shape index (κ2) is 9.45. The van der Waals surface area contributed by atoms with E-state index in [1.165, 1.54) is 36.3 Å². The van der Waals surface area contributed by atoms with Gasteiger partial charge in [0.05, 0.1) is 29.1 Å². The van der Waals surface area contributed by atoms with Crippen LogP contribution in [-0.2, 0) is 16.1 Å². The molecule has 0 aliphatic carbocycles. The minimum Gasteiger partial charge on any atom is -0.383 e. The van der Waals surface area contributed by atoms with Gasteiger partial charge >= 0.3 is 0 Å². The van der Waals surface area contributed by atoms with Crippen LogP contribution in [0.2, 0.25) is 5.02 Å². The minimum atomic E-state index is -0.523. The third kappa shape index (κ3) is 5.07. The number of rotatable bonds is 7. The van der Waals surface area contributed by atoms with Crippen LogP contribution < -0.4 is 5.56 Å². The normalized spacial score (nSPS) is 11.3. The highest BCUT2D eigenvalue weighted by Crippen LogP contribution is 2.20. The Bertz CT molecular complexity index is 1090. The maximum atomic E-state index is 13.9. The molecule has 8 heteroatoms. The standard InChI is InChI=1S/C21H19ClFN3O3/c1-29-12-11-26(20(27)10-9-14-16(22)6-4-7-17(14)23)13-19-24-18-8-3-2-5-15(18)21(28)25-19/h2-10H,11-13H2,1H3,(H,24,25,28)/b10-9+. The lowest BCUT2D eigenvalue weighted by Gasteiger charge is -2.20. The maximum absolute atomic E-state index is 13.9. The van der Waals surface area contributed by atoms with E-state index in [-0.39, 0.29) is 35.8 Å². The molecule has 0 saturated heterocycles. The number of hydrogen-bond donors (Lipinski definition) is 1. The first-order chi connectivity index (χ1) is 14.0. The maximum Gasteiger partial charge on any atom is 0.258 e. The van der Waals surface area contributed by atoms with Gasteiger partial charge in [-0.05, 0) is 30.3 Å². The largest absolute Gasteiger partial charge is 0.383 e. The number of ether oxygens (including phenoxy) is 1. The van der Waals surface area contributed by atoms with E-state index in [1.54, 1.807) is 30.3 Å². The first-order valence-electron chi connectivity index (χ1n) is 8.87. The number of fused-ring (bicyclic) bond motifs is 1. The lowest BCUT2D eigenvalue weighted by molar-refractivity contribution is -0.127. The van der Waals surface area contributed by atoms with Crippen molar-refractivity contribution in [3.8, 4) is 0 Å². The van der Waals surface area contributed by atoms with Crippen molar-refractivity contribution >= 4 is 34.5 Å². The van der Waals surface area contributed by atoms with Crippen LogP contribution in [0.3, 0.4) is 0 Å². The molecule has 2 aromatic carbocycles. The Hall–Kier alpha value is -3.03. The first-order valence-corrected chi connectivity index (χ1v) is 9.25. The molecule has 1 aromatic heterocycles. The van der Waals surface area contributed by atoms with Crippen molar-refractivity contribution in [2.24, 2.45) is 0 Å². The number of H-pyrrole nitrogens is 1. The highest BCUT2D eigenvalue weighted by molar-refractivity contribution is 6.32. The van der Waals surface area contributed by atoms with E-state index in [9.17, 15) is 14.0 Å². The SMILES string of the molecule is COCCN(Cc1nc2ccccc2c(=O)[nH]1)C(=O)/C=C/c1c(F)cccc1Cl. The van der Waals surface area contributed by atoms with E-state index >= 15 is 0 Å². The van der Waals surface area contributed by atoms with Crippen molar-refractivity contribution in [3.05, 3.63) is 81.1 Å². The van der Waals surface area contributed by atoms with E-state index < -0.39 is 11.7 Å². The topological polar surface area (TPSA) is 75.3 Å². The minimum absolute atomic E-state index is 0.0671. The number of carbonyl (C=O) groups is 1. The summed E-state index contributed by atoms with van der Waals surface area (Å²) in [5.74, 6) is -0.571. The van der Waals surface area contributed by atoms with Crippen LogP contribution in [0.25, 0.3) is 17.0 Å². The lowest BCUT2D eigenvalue weighted by atomic mass is 10.2. The molecule has 1 amide bonds. The molecular weight excluding hydrogens is 397 g/mol. The molecule has 150 valence electrons. The molecule has 0 radical (unpaired) electrons. The smallest absolute Gasteiger partial charge is 0.258 e. The summed E-state index contributed by atoms with van der Waals surface area (Å²) in [7, 11) is 1.52. The van der Waals surface area contributed by atoms with Gasteiger partial charge in [0.25, 0.3) is 5.56 Å². The molecule has 0 atom stereocenters. The van der Waals surface area contributed by atoms with Gasteiger partial charge in [-0.1, -0.05) is 29.8 Å². The summed E-state index contributed by atoms with van der Waals surface area (Å²) >= 11 is 5.99. The fourth-order valence-corrected chi connectivity index (χ4v) is 3.02. The molecule has 0 saturated carbocycles. The number of carbonyl (C=O) groups excluding carboxylic acids is 1. The molecule has 0 spiro atoms. The van der Waals surface area contributed by atoms with Gasteiger partial charge in [-0.2, -0.15) is 0 Å². The van der Waals surface area contributed by atoms with Gasteiger partial charge in [-0.25, -0.2) is 9.37 Å². The Morgan fingerprint density at radius 1 is 1.28 bits per heavy atom. The molecular formula is C21H19ClFN3O3. The van der Waals surface area contributed by atoms with Crippen molar-refractivity contribution in [2.45, 2.75) is 6.54 Å². The summed E-state index contributed by atoms with van der Waals surface area (Å²) in [5.41, 5.74) is 0.393. The highest BCUT2D eigenvalue weighted by atomic mass is 35.5. The third-order valence-electron chi connectivity index (χ3n) is 4.27. The summed E-state index contributed by atoms with van der Waals surface area (Å²) in [5, 5.41) is 0.679. The molecule has 0 aliphatic rings. The Morgan fingerprint density at radius 2 is 2.07 bits per heavy atom. The van der Waals surface area contributed by atoms with Crippen molar-refractivity contribution in [1.82, 2.24) is 14.9 Å². The number of aromatic nitrogens is 2. The molecule has 0 unspecified atom stereocenters. The van der Waals surface area contributed by atoms with E-state index in [0.717, 1.165) is 0 Å². The van der Waals surface area contributed by atoms with E-state index in [1.807, 2.05) is 0 Å². The van der Waals surface area contributed by atoms with Crippen molar-refractivity contribution in [1.29, 1.82) is 0 Å². The van der Waals surface area contributed by atoms with Crippen LogP contribution in [-0.4, -0.2) is 41.0 Å². The van der Waals surface area contributed by atoms with Crippen molar-refractivity contribution < 1.29 is 13.9 Å². The van der Waals surface area contributed by atoms with Gasteiger partial charge in [0.15, 0.2) is 0 Å². The zero-order valence-electron chi connectivity index (χ0n) is 15.7. The second-order valence-electron chi connectivity index (χ2n) is 6.25. The fraction of sp³-hybridized carbons (Fsp3) is 0.190. The highest BCUT2D eigenvalue weighted by Gasteiger charge is 2.14. The van der Waals surface area contributed by atoms with Crippen LogP contribution in [0.1, 0.15) is 11.4 Å². The first kappa shape index (κ1) is 20.7. The molecule has 1 N–H and O–H groups in total. The molecule has 3 aromatic rings. The zero-order valence-corrected chi connectivity index (χ0v) is 16.4. The van der Waals surface area contributed by atoms with Gasteiger partial charge in [-0.15, -0.1) is 0 Å². The predicted molar refractivity (Wildman–Crippen MR) is 110 cm³/mol. The molecule has 0 aliphatic heterocycles. The van der Waals surface area contributed by atoms with E-state index in [4.69, 9.17) is 16.3 Å². The van der Waals surface area contributed by atoms with Crippen LogP contribution in [0, 0.1) is 5.82 Å². The van der Waals surface area contributed by atoms with Gasteiger partial charge in [0.2, 0.25) is 5.91 Å². The Balaban J connectivity index is 1.85. The average Bonchev–Trinajstić information content (AvgIpc) is 2.70. The van der Waals surface area contributed by atoms with Crippen LogP contribution in [0.15, 0.2) is 53.3 Å². The summed E-state index contributed by atoms with van der Waals surface area (Å²) < 4.78 is 19.0. The Morgan fingerprint density at radius 3 is 2.83 bits per heavy atom. The predicted octanol–water partition coefficient (Wildman–Crippen LogP) is 3.40. The van der Waals surface area contributed by atoms with E-state index in [2.05, 4.69) is 9.97 Å². The molecule has 6 nitrogen and oxygen atoms in total. The summed E-state index contributed by atoms with van der Waals surface area (Å²) in [4.78, 5) is 33.5. The van der Waals surface area contributed by atoms with Gasteiger partial charge in [-0.3, -0.25) is 9.59 Å².